The van der Waals surface area contributed by atoms with Crippen LogP contribution < -0.4 is 5.32 Å². The number of aryl methyl sites for hydroxylation is 4. The van der Waals surface area contributed by atoms with Crippen LogP contribution in [0.2, 0.25) is 0 Å². The van der Waals surface area contributed by atoms with Crippen molar-refractivity contribution in [3.8, 4) is 11.8 Å². The molecule has 1 N–H and O–H groups in total. The fourth-order valence-electron chi connectivity index (χ4n) is 4.21. The lowest BCUT2D eigenvalue weighted by atomic mass is 10.0. The van der Waals surface area contributed by atoms with Crippen molar-refractivity contribution >= 4 is 12.0 Å². The summed E-state index contributed by atoms with van der Waals surface area (Å²) in [6.07, 6.45) is 1.69. The van der Waals surface area contributed by atoms with Crippen LogP contribution in [-0.2, 0) is 4.79 Å². The van der Waals surface area contributed by atoms with E-state index in [-0.39, 0.29) is 17.5 Å². The van der Waals surface area contributed by atoms with Crippen molar-refractivity contribution in [1.82, 2.24) is 9.88 Å². The number of hydrogen-bond donors (Lipinski definition) is 1. The lowest BCUT2D eigenvalue weighted by Crippen LogP contribution is -2.27. The van der Waals surface area contributed by atoms with Gasteiger partial charge in [0, 0.05) is 11.4 Å². The second-order valence-electron chi connectivity index (χ2n) is 8.18. The van der Waals surface area contributed by atoms with Gasteiger partial charge in [0.15, 0.2) is 0 Å². The molecule has 0 radical (unpaired) electrons. The molecule has 0 unspecified atom stereocenters. The van der Waals surface area contributed by atoms with Crippen molar-refractivity contribution in [2.45, 2.75) is 47.6 Å². The zero-order valence-electron chi connectivity index (χ0n) is 19.1. The highest BCUT2D eigenvalue weighted by atomic mass is 16.1. The fraction of sp³-hybridized carbons (Fsp3) is 0.259. The number of aromatic nitrogens is 1. The lowest BCUT2D eigenvalue weighted by Gasteiger charge is -2.17. The normalized spacial score (nSPS) is 12.4. The molecule has 31 heavy (non-hydrogen) atoms. The van der Waals surface area contributed by atoms with Gasteiger partial charge in [-0.1, -0.05) is 48.0 Å². The molecule has 0 aliphatic rings. The summed E-state index contributed by atoms with van der Waals surface area (Å²) in [5, 5.41) is 12.6. The molecule has 1 aromatic heterocycles. The number of nitriles is 1. The number of carbonyl (C=O) groups excluding carboxylic acids is 1. The average Bonchev–Trinajstić information content (AvgIpc) is 2.99. The van der Waals surface area contributed by atoms with Crippen LogP contribution >= 0.6 is 0 Å². The summed E-state index contributed by atoms with van der Waals surface area (Å²) in [4.78, 5) is 12.8. The summed E-state index contributed by atoms with van der Waals surface area (Å²) in [5.74, 6) is -0.369. The van der Waals surface area contributed by atoms with Gasteiger partial charge in [0.1, 0.15) is 11.6 Å². The molecular formula is C27H29N3O. The van der Waals surface area contributed by atoms with Gasteiger partial charge < -0.3 is 9.88 Å². The van der Waals surface area contributed by atoms with Gasteiger partial charge in [-0.05, 0) is 75.9 Å². The van der Waals surface area contributed by atoms with Crippen LogP contribution in [0, 0.1) is 45.9 Å². The van der Waals surface area contributed by atoms with E-state index in [0.29, 0.717) is 0 Å². The van der Waals surface area contributed by atoms with E-state index < -0.39 is 0 Å². The van der Waals surface area contributed by atoms with Gasteiger partial charge in [-0.15, -0.1) is 0 Å². The quantitative estimate of drug-likeness (QED) is 0.426. The van der Waals surface area contributed by atoms with Crippen LogP contribution in [-0.4, -0.2) is 10.5 Å². The lowest BCUT2D eigenvalue weighted by molar-refractivity contribution is -0.117. The zero-order valence-corrected chi connectivity index (χ0v) is 19.1. The van der Waals surface area contributed by atoms with Crippen molar-refractivity contribution in [1.29, 1.82) is 5.26 Å². The molecule has 1 amide bonds. The summed E-state index contributed by atoms with van der Waals surface area (Å²) in [5.41, 5.74) is 8.82. The smallest absolute Gasteiger partial charge is 0.262 e. The summed E-state index contributed by atoms with van der Waals surface area (Å²) >= 11 is 0. The Labute approximate surface area is 184 Å². The maximum absolute atomic E-state index is 12.8. The van der Waals surface area contributed by atoms with Crippen LogP contribution in [0.1, 0.15) is 52.2 Å². The molecule has 158 valence electrons. The van der Waals surface area contributed by atoms with Crippen molar-refractivity contribution in [2.24, 2.45) is 0 Å². The Morgan fingerprint density at radius 2 is 1.65 bits per heavy atom. The fourth-order valence-corrected chi connectivity index (χ4v) is 4.21. The Morgan fingerprint density at radius 1 is 1.03 bits per heavy atom. The van der Waals surface area contributed by atoms with E-state index in [1.807, 2.05) is 57.2 Å². The van der Waals surface area contributed by atoms with E-state index in [9.17, 15) is 10.1 Å². The third-order valence-corrected chi connectivity index (χ3v) is 5.64. The number of amides is 1. The van der Waals surface area contributed by atoms with Crippen molar-refractivity contribution in [2.75, 3.05) is 0 Å². The molecule has 0 spiro atoms. The molecule has 0 aliphatic carbocycles. The molecule has 2 aromatic carbocycles. The number of benzene rings is 2. The number of carbonyl (C=O) groups is 1. The first-order valence-electron chi connectivity index (χ1n) is 10.5. The minimum atomic E-state index is -0.369. The van der Waals surface area contributed by atoms with Gasteiger partial charge in [-0.3, -0.25) is 4.79 Å². The molecular weight excluding hydrogens is 382 g/mol. The first-order valence-corrected chi connectivity index (χ1v) is 10.5. The summed E-state index contributed by atoms with van der Waals surface area (Å²) in [6.45, 7) is 12.3. The molecule has 4 nitrogen and oxygen atoms in total. The highest BCUT2D eigenvalue weighted by Gasteiger charge is 2.17. The number of nitrogens with one attached hydrogen (secondary N) is 1. The SMILES string of the molecule is Cc1cc(C)c(-n2c(C)cc(/C=C(/C#N)C(=O)N[C@@H](C)c3ccccc3)c2C)c(C)c1. The average molecular weight is 412 g/mol. The third-order valence-electron chi connectivity index (χ3n) is 5.64. The Morgan fingerprint density at radius 3 is 2.23 bits per heavy atom. The summed E-state index contributed by atoms with van der Waals surface area (Å²) in [6, 6.07) is 18.0. The van der Waals surface area contributed by atoms with Gasteiger partial charge in [0.2, 0.25) is 0 Å². The Hall–Kier alpha value is -3.58. The summed E-state index contributed by atoms with van der Waals surface area (Å²) < 4.78 is 2.20. The monoisotopic (exact) mass is 411 g/mol. The number of rotatable bonds is 5. The number of hydrogen-bond acceptors (Lipinski definition) is 2. The Bertz CT molecular complexity index is 1170. The highest BCUT2D eigenvalue weighted by Crippen LogP contribution is 2.28. The van der Waals surface area contributed by atoms with E-state index in [1.54, 1.807) is 6.08 Å². The van der Waals surface area contributed by atoms with Gasteiger partial charge in [-0.25, -0.2) is 0 Å². The van der Waals surface area contributed by atoms with Crippen LogP contribution in [0.4, 0.5) is 0 Å². The maximum atomic E-state index is 12.8. The predicted molar refractivity (Wildman–Crippen MR) is 126 cm³/mol. The molecule has 0 saturated heterocycles. The molecule has 0 aliphatic heterocycles. The van der Waals surface area contributed by atoms with E-state index in [2.05, 4.69) is 48.9 Å². The second kappa shape index (κ2) is 9.06. The van der Waals surface area contributed by atoms with Crippen LogP contribution in [0.25, 0.3) is 11.8 Å². The van der Waals surface area contributed by atoms with Gasteiger partial charge in [0.25, 0.3) is 5.91 Å². The van der Waals surface area contributed by atoms with E-state index >= 15 is 0 Å². The van der Waals surface area contributed by atoms with Crippen LogP contribution in [0.3, 0.4) is 0 Å². The minimum absolute atomic E-state index is 0.0976. The van der Waals surface area contributed by atoms with Gasteiger partial charge in [0.05, 0.1) is 11.7 Å². The van der Waals surface area contributed by atoms with Gasteiger partial charge >= 0.3 is 0 Å². The highest BCUT2D eigenvalue weighted by molar-refractivity contribution is 6.02. The first-order chi connectivity index (χ1) is 14.7. The predicted octanol–water partition coefficient (Wildman–Crippen LogP) is 5.80. The van der Waals surface area contributed by atoms with Crippen LogP contribution in [0.15, 0.2) is 54.1 Å². The Balaban J connectivity index is 1.95. The van der Waals surface area contributed by atoms with Gasteiger partial charge in [-0.2, -0.15) is 5.26 Å². The molecule has 3 rings (SSSR count). The van der Waals surface area contributed by atoms with Crippen LogP contribution in [0.5, 0.6) is 0 Å². The zero-order chi connectivity index (χ0) is 22.7. The third kappa shape index (κ3) is 4.62. The summed E-state index contributed by atoms with van der Waals surface area (Å²) in [7, 11) is 0. The Kier molecular flexibility index (Phi) is 6.46. The van der Waals surface area contributed by atoms with E-state index in [1.165, 1.54) is 16.7 Å². The molecule has 1 heterocycles. The molecule has 1 atom stereocenters. The first kappa shape index (κ1) is 22.1. The molecule has 0 fully saturated rings. The molecule has 3 aromatic rings. The largest absolute Gasteiger partial charge is 0.345 e. The molecule has 0 saturated carbocycles. The van der Waals surface area contributed by atoms with Crippen molar-refractivity contribution in [3.63, 3.8) is 0 Å². The van der Waals surface area contributed by atoms with E-state index in [4.69, 9.17) is 0 Å². The van der Waals surface area contributed by atoms with E-state index in [0.717, 1.165) is 28.2 Å². The maximum Gasteiger partial charge on any atom is 0.262 e. The molecule has 4 heteroatoms. The minimum Gasteiger partial charge on any atom is -0.345 e. The second-order valence-corrected chi connectivity index (χ2v) is 8.18. The van der Waals surface area contributed by atoms with Crippen molar-refractivity contribution in [3.05, 3.63) is 93.3 Å². The van der Waals surface area contributed by atoms with Crippen molar-refractivity contribution < 1.29 is 4.79 Å². The number of nitrogens with zero attached hydrogens (tertiary/aromatic N) is 2. The molecule has 0 bridgehead atoms. The standard InChI is InChI=1S/C27H29N3O/c1-17-12-18(2)26(19(3)13-17)30-20(4)14-24(22(30)6)15-25(16-28)27(31)29-21(5)23-10-8-7-9-11-23/h7-15,21H,1-6H3,(H,29,31)/b25-15-/t21-/m0/s1. The topological polar surface area (TPSA) is 57.8 Å².